The number of sulfonamides is 1. The van der Waals surface area contributed by atoms with Gasteiger partial charge in [0.2, 0.25) is 5.88 Å². The van der Waals surface area contributed by atoms with E-state index in [-0.39, 0.29) is 17.3 Å². The van der Waals surface area contributed by atoms with Crippen LogP contribution in [0, 0.1) is 0 Å². The van der Waals surface area contributed by atoms with Crippen molar-refractivity contribution in [3.8, 4) is 5.88 Å². The number of carbonyl (C=O) groups excluding carboxylic acids is 1. The summed E-state index contributed by atoms with van der Waals surface area (Å²) < 4.78 is 32.6. The summed E-state index contributed by atoms with van der Waals surface area (Å²) >= 11 is 0. The predicted octanol–water partition coefficient (Wildman–Crippen LogP) is 3.24. The van der Waals surface area contributed by atoms with Gasteiger partial charge in [0.05, 0.1) is 17.7 Å². The van der Waals surface area contributed by atoms with Crippen molar-refractivity contribution >= 4 is 21.6 Å². The molecule has 0 aliphatic carbocycles. The summed E-state index contributed by atoms with van der Waals surface area (Å²) in [6.45, 7) is 2.31. The molecule has 0 spiro atoms. The highest BCUT2D eigenvalue weighted by atomic mass is 32.2. The van der Waals surface area contributed by atoms with Gasteiger partial charge in [0.25, 0.3) is 15.9 Å². The number of hydrogen-bond acceptors (Lipinski definition) is 5. The van der Waals surface area contributed by atoms with E-state index >= 15 is 0 Å². The molecule has 30 heavy (non-hydrogen) atoms. The number of carbonyl (C=O) groups is 1. The lowest BCUT2D eigenvalue weighted by molar-refractivity contribution is 0.0950. The minimum Gasteiger partial charge on any atom is -0.481 e. The number of amides is 1. The minimum atomic E-state index is -3.73. The number of benzene rings is 2. The average Bonchev–Trinajstić information content (AvgIpc) is 2.78. The Morgan fingerprint density at radius 1 is 1.03 bits per heavy atom. The van der Waals surface area contributed by atoms with Crippen LogP contribution in [-0.2, 0) is 16.6 Å². The van der Waals surface area contributed by atoms with E-state index in [0.717, 1.165) is 5.56 Å². The van der Waals surface area contributed by atoms with Crippen molar-refractivity contribution in [3.63, 3.8) is 0 Å². The Morgan fingerprint density at radius 2 is 1.73 bits per heavy atom. The lowest BCUT2D eigenvalue weighted by atomic mass is 10.2. The standard InChI is InChI=1S/C22H23N3O4S/c1-3-25(19-9-5-4-6-10-19)30(27,28)20-13-11-17(12-14-20)21(26)24-16-18-8-7-15-23-22(18)29-2/h4-15H,3,16H2,1-2H3,(H,24,26). The number of nitrogens with zero attached hydrogens (tertiary/aromatic N) is 2. The number of para-hydroxylation sites is 1. The lowest BCUT2D eigenvalue weighted by Crippen LogP contribution is -2.30. The second-order valence-corrected chi connectivity index (χ2v) is 8.25. The van der Waals surface area contributed by atoms with Gasteiger partial charge >= 0.3 is 0 Å². The van der Waals surface area contributed by atoms with Gasteiger partial charge in [0, 0.05) is 30.4 Å². The third kappa shape index (κ3) is 4.60. The molecule has 3 rings (SSSR count). The first kappa shape index (κ1) is 21.3. The van der Waals surface area contributed by atoms with Crippen molar-refractivity contribution in [1.82, 2.24) is 10.3 Å². The molecule has 1 N–H and O–H groups in total. The largest absolute Gasteiger partial charge is 0.481 e. The normalized spacial score (nSPS) is 11.0. The SMILES string of the molecule is CCN(c1ccccc1)S(=O)(=O)c1ccc(C(=O)NCc2cccnc2OC)cc1. The molecular formula is C22H23N3O4S. The van der Waals surface area contributed by atoms with Crippen molar-refractivity contribution in [2.45, 2.75) is 18.4 Å². The number of rotatable bonds is 8. The van der Waals surface area contributed by atoms with E-state index in [2.05, 4.69) is 10.3 Å². The van der Waals surface area contributed by atoms with Crippen molar-refractivity contribution in [2.75, 3.05) is 18.0 Å². The van der Waals surface area contributed by atoms with Gasteiger partial charge < -0.3 is 10.1 Å². The van der Waals surface area contributed by atoms with Gasteiger partial charge in [-0.25, -0.2) is 13.4 Å². The molecule has 7 nitrogen and oxygen atoms in total. The molecule has 0 saturated carbocycles. The molecule has 156 valence electrons. The van der Waals surface area contributed by atoms with Crippen LogP contribution in [0.4, 0.5) is 5.69 Å². The van der Waals surface area contributed by atoms with Gasteiger partial charge in [0.15, 0.2) is 0 Å². The molecule has 0 aliphatic heterocycles. The molecule has 2 aromatic carbocycles. The smallest absolute Gasteiger partial charge is 0.264 e. The number of anilines is 1. The highest BCUT2D eigenvalue weighted by Gasteiger charge is 2.23. The average molecular weight is 426 g/mol. The number of aromatic nitrogens is 1. The van der Waals surface area contributed by atoms with Gasteiger partial charge in [-0.2, -0.15) is 0 Å². The molecule has 0 saturated heterocycles. The summed E-state index contributed by atoms with van der Waals surface area (Å²) in [5, 5.41) is 2.79. The number of hydrogen-bond donors (Lipinski definition) is 1. The Balaban J connectivity index is 1.74. The zero-order valence-electron chi connectivity index (χ0n) is 16.8. The molecule has 0 unspecified atom stereocenters. The summed E-state index contributed by atoms with van der Waals surface area (Å²) in [6.07, 6.45) is 1.61. The van der Waals surface area contributed by atoms with Gasteiger partial charge in [-0.3, -0.25) is 9.10 Å². The zero-order chi connectivity index (χ0) is 21.6. The molecule has 0 atom stereocenters. The topological polar surface area (TPSA) is 88.6 Å². The first-order valence-electron chi connectivity index (χ1n) is 9.41. The molecule has 1 aromatic heterocycles. The van der Waals surface area contributed by atoms with Crippen LogP contribution in [0.2, 0.25) is 0 Å². The monoisotopic (exact) mass is 425 g/mol. The van der Waals surface area contributed by atoms with Crippen LogP contribution < -0.4 is 14.4 Å². The molecule has 0 fully saturated rings. The van der Waals surface area contributed by atoms with E-state index in [1.807, 2.05) is 12.1 Å². The summed E-state index contributed by atoms with van der Waals surface area (Å²) in [6, 6.07) is 18.4. The van der Waals surface area contributed by atoms with Gasteiger partial charge in [0.1, 0.15) is 0 Å². The fourth-order valence-electron chi connectivity index (χ4n) is 3.01. The maximum atomic E-state index is 13.0. The maximum absolute atomic E-state index is 13.0. The van der Waals surface area contributed by atoms with E-state index in [9.17, 15) is 13.2 Å². The fraction of sp³-hybridized carbons (Fsp3) is 0.182. The highest BCUT2D eigenvalue weighted by Crippen LogP contribution is 2.23. The third-order valence-corrected chi connectivity index (χ3v) is 6.44. The first-order chi connectivity index (χ1) is 14.5. The highest BCUT2D eigenvalue weighted by molar-refractivity contribution is 7.92. The summed E-state index contributed by atoms with van der Waals surface area (Å²) in [5.74, 6) is 0.125. The molecule has 0 aliphatic rings. The Labute approximate surface area is 176 Å². The molecule has 3 aromatic rings. The van der Waals surface area contributed by atoms with Crippen LogP contribution in [0.1, 0.15) is 22.8 Å². The summed E-state index contributed by atoms with van der Waals surface area (Å²) in [4.78, 5) is 16.7. The van der Waals surface area contributed by atoms with Crippen LogP contribution in [0.5, 0.6) is 5.88 Å². The number of nitrogens with one attached hydrogen (secondary N) is 1. The lowest BCUT2D eigenvalue weighted by Gasteiger charge is -2.23. The zero-order valence-corrected chi connectivity index (χ0v) is 17.6. The Kier molecular flexibility index (Phi) is 6.68. The number of pyridine rings is 1. The first-order valence-corrected chi connectivity index (χ1v) is 10.8. The Bertz CT molecular complexity index is 1100. The van der Waals surface area contributed by atoms with Crippen LogP contribution in [0.3, 0.4) is 0 Å². The quantitative estimate of drug-likeness (QED) is 0.599. The van der Waals surface area contributed by atoms with Crippen LogP contribution in [0.15, 0.2) is 77.8 Å². The molecule has 1 heterocycles. The molecule has 8 heteroatoms. The van der Waals surface area contributed by atoms with E-state index < -0.39 is 10.0 Å². The molecule has 0 bridgehead atoms. The number of ether oxygens (including phenoxy) is 1. The maximum Gasteiger partial charge on any atom is 0.264 e. The van der Waals surface area contributed by atoms with Gasteiger partial charge in [-0.1, -0.05) is 24.3 Å². The predicted molar refractivity (Wildman–Crippen MR) is 115 cm³/mol. The van der Waals surface area contributed by atoms with E-state index in [0.29, 0.717) is 23.7 Å². The molecular weight excluding hydrogens is 402 g/mol. The van der Waals surface area contributed by atoms with Crippen molar-refractivity contribution in [2.24, 2.45) is 0 Å². The van der Waals surface area contributed by atoms with Crippen LogP contribution in [0.25, 0.3) is 0 Å². The van der Waals surface area contributed by atoms with Crippen LogP contribution >= 0.6 is 0 Å². The van der Waals surface area contributed by atoms with Crippen molar-refractivity contribution in [1.29, 1.82) is 0 Å². The number of methoxy groups -OCH3 is 1. The minimum absolute atomic E-state index is 0.124. The van der Waals surface area contributed by atoms with Crippen LogP contribution in [-0.4, -0.2) is 33.0 Å². The second kappa shape index (κ2) is 9.41. The fourth-order valence-corrected chi connectivity index (χ4v) is 4.48. The van der Waals surface area contributed by atoms with Gasteiger partial charge in [-0.05, 0) is 49.4 Å². The third-order valence-electron chi connectivity index (χ3n) is 4.52. The summed E-state index contributed by atoms with van der Waals surface area (Å²) in [7, 11) is -2.22. The van der Waals surface area contributed by atoms with E-state index in [1.54, 1.807) is 43.5 Å². The summed E-state index contributed by atoms with van der Waals surface area (Å²) in [5.41, 5.74) is 1.70. The van der Waals surface area contributed by atoms with E-state index in [1.165, 1.54) is 35.7 Å². The molecule has 1 amide bonds. The second-order valence-electron chi connectivity index (χ2n) is 6.38. The molecule has 0 radical (unpaired) electrons. The Morgan fingerprint density at radius 3 is 2.37 bits per heavy atom. The van der Waals surface area contributed by atoms with Crippen molar-refractivity contribution < 1.29 is 17.9 Å². The van der Waals surface area contributed by atoms with Crippen molar-refractivity contribution in [3.05, 3.63) is 84.1 Å². The van der Waals surface area contributed by atoms with Gasteiger partial charge in [-0.15, -0.1) is 0 Å². The Hall–Kier alpha value is -3.39. The van der Waals surface area contributed by atoms with E-state index in [4.69, 9.17) is 4.74 Å².